The number of likely N-dealkylation sites (tertiary alicyclic amines) is 1. The Labute approximate surface area is 195 Å². The van der Waals surface area contributed by atoms with Gasteiger partial charge in [-0.25, -0.2) is 4.98 Å². The fourth-order valence-corrected chi connectivity index (χ4v) is 5.18. The molecule has 1 atom stereocenters. The van der Waals surface area contributed by atoms with Gasteiger partial charge in [0.1, 0.15) is 11.8 Å². The third kappa shape index (κ3) is 4.21. The maximum atomic E-state index is 13.2. The van der Waals surface area contributed by atoms with E-state index in [1.807, 2.05) is 48.5 Å². The predicted octanol–water partition coefficient (Wildman–Crippen LogP) is 3.99. The molecule has 3 N–H and O–H groups in total. The highest BCUT2D eigenvalue weighted by Gasteiger charge is 2.35. The van der Waals surface area contributed by atoms with E-state index in [2.05, 4.69) is 15.6 Å². The molecule has 4 aromatic rings. The van der Waals surface area contributed by atoms with Crippen LogP contribution in [0.2, 0.25) is 0 Å². The van der Waals surface area contributed by atoms with Gasteiger partial charge in [-0.15, -0.1) is 0 Å². The number of nitrogens with one attached hydrogen (secondary N) is 2. The highest BCUT2D eigenvalue weighted by molar-refractivity contribution is 7.22. The smallest absolute Gasteiger partial charge is 0.258 e. The molecule has 2 heterocycles. The van der Waals surface area contributed by atoms with Crippen LogP contribution in [-0.2, 0) is 4.79 Å². The van der Waals surface area contributed by atoms with Crippen molar-refractivity contribution >= 4 is 49.3 Å². The average Bonchev–Trinajstić information content (AvgIpc) is 3.49. The minimum atomic E-state index is -0.536. The van der Waals surface area contributed by atoms with Gasteiger partial charge in [-0.05, 0) is 36.4 Å². The number of aromatic nitrogens is 1. The molecule has 168 valence electrons. The zero-order valence-electron chi connectivity index (χ0n) is 18.0. The Kier molecular flexibility index (Phi) is 5.83. The van der Waals surface area contributed by atoms with Gasteiger partial charge >= 0.3 is 0 Å². The highest BCUT2D eigenvalue weighted by Crippen LogP contribution is 2.31. The number of phenols is 1. The van der Waals surface area contributed by atoms with Gasteiger partial charge in [0.05, 0.1) is 15.8 Å². The Morgan fingerprint density at radius 2 is 1.88 bits per heavy atom. The lowest BCUT2D eigenvalue weighted by Crippen LogP contribution is -2.46. The molecule has 1 fully saturated rings. The summed E-state index contributed by atoms with van der Waals surface area (Å²) in [6.45, 7) is 1.46. The molecule has 1 unspecified atom stereocenters. The first-order valence-electron chi connectivity index (χ1n) is 11.0. The van der Waals surface area contributed by atoms with E-state index in [-0.39, 0.29) is 23.1 Å². The third-order valence-corrected chi connectivity index (χ3v) is 6.94. The summed E-state index contributed by atoms with van der Waals surface area (Å²) in [6, 6.07) is 18.2. The van der Waals surface area contributed by atoms with Gasteiger partial charge in [-0.1, -0.05) is 53.8 Å². The van der Waals surface area contributed by atoms with Crippen LogP contribution in [-0.4, -0.2) is 52.5 Å². The van der Waals surface area contributed by atoms with Crippen LogP contribution < -0.4 is 10.6 Å². The van der Waals surface area contributed by atoms with Crippen molar-refractivity contribution in [3.05, 3.63) is 66.2 Å². The molecule has 0 saturated carbocycles. The van der Waals surface area contributed by atoms with Crippen LogP contribution in [0, 0.1) is 0 Å². The minimum absolute atomic E-state index is 0.0378. The fraction of sp³-hybridized carbons (Fsp3) is 0.240. The van der Waals surface area contributed by atoms with Gasteiger partial charge in [-0.3, -0.25) is 9.59 Å². The van der Waals surface area contributed by atoms with Crippen molar-refractivity contribution in [2.24, 2.45) is 0 Å². The van der Waals surface area contributed by atoms with Gasteiger partial charge in [0.15, 0.2) is 5.13 Å². The molecule has 1 aromatic heterocycles. The number of benzene rings is 3. The van der Waals surface area contributed by atoms with E-state index in [4.69, 9.17) is 0 Å². The fourth-order valence-electron chi connectivity index (χ4n) is 4.29. The second kappa shape index (κ2) is 9.07. The second-order valence-corrected chi connectivity index (χ2v) is 9.07. The minimum Gasteiger partial charge on any atom is -0.506 e. The summed E-state index contributed by atoms with van der Waals surface area (Å²) < 4.78 is 1.11. The number of phenolic OH excluding ortho intramolecular Hbond substituents is 1. The normalized spacial score (nSPS) is 15.8. The number of thiazole rings is 1. The highest BCUT2D eigenvalue weighted by atomic mass is 32.1. The van der Waals surface area contributed by atoms with Gasteiger partial charge in [0.25, 0.3) is 5.91 Å². The van der Waals surface area contributed by atoms with Gasteiger partial charge in [0.2, 0.25) is 5.91 Å². The predicted molar refractivity (Wildman–Crippen MR) is 131 cm³/mol. The summed E-state index contributed by atoms with van der Waals surface area (Å²) in [5, 5.41) is 19.2. The number of fused-ring (bicyclic) bond motifs is 2. The number of hydrogen-bond donors (Lipinski definition) is 3. The van der Waals surface area contributed by atoms with Crippen LogP contribution in [0.1, 0.15) is 23.2 Å². The molecule has 3 aromatic carbocycles. The molecule has 33 heavy (non-hydrogen) atoms. The molecule has 1 aliphatic rings. The summed E-state index contributed by atoms with van der Waals surface area (Å²) in [5.74, 6) is -0.528. The van der Waals surface area contributed by atoms with Crippen LogP contribution >= 0.6 is 11.3 Å². The first kappa shape index (κ1) is 21.2. The first-order chi connectivity index (χ1) is 16.1. The SMILES string of the molecule is O=C(NCCNc1nc2ccccc2s1)C1CCCN1C(=O)c1ccc2ccccc2c1O. The number of amides is 2. The lowest BCUT2D eigenvalue weighted by molar-refractivity contribution is -0.124. The monoisotopic (exact) mass is 460 g/mol. The Morgan fingerprint density at radius 1 is 1.06 bits per heavy atom. The molecular weight excluding hydrogens is 436 g/mol. The van der Waals surface area contributed by atoms with E-state index in [1.165, 1.54) is 0 Å². The number of hydrogen-bond acceptors (Lipinski definition) is 6. The Bertz CT molecular complexity index is 1300. The molecule has 0 radical (unpaired) electrons. The summed E-state index contributed by atoms with van der Waals surface area (Å²) in [5.41, 5.74) is 1.18. The standard InChI is InChI=1S/C25H24N4O3S/c30-22-17-7-2-1-6-16(17)11-12-18(22)24(32)29-15-5-9-20(29)23(31)26-13-14-27-25-28-19-8-3-4-10-21(19)33-25/h1-4,6-8,10-12,20,30H,5,9,13-15H2,(H,26,31)(H,27,28). The number of para-hydroxylation sites is 1. The largest absolute Gasteiger partial charge is 0.506 e. The van der Waals surface area contributed by atoms with Crippen molar-refractivity contribution in [1.29, 1.82) is 0 Å². The zero-order valence-corrected chi connectivity index (χ0v) is 18.8. The Balaban J connectivity index is 1.20. The third-order valence-electron chi connectivity index (χ3n) is 5.94. The summed E-state index contributed by atoms with van der Waals surface area (Å²) in [7, 11) is 0. The summed E-state index contributed by atoms with van der Waals surface area (Å²) in [4.78, 5) is 32.1. The number of carbonyl (C=O) groups excluding carboxylic acids is 2. The molecular formula is C25H24N4O3S. The van der Waals surface area contributed by atoms with E-state index in [1.54, 1.807) is 28.4 Å². The molecule has 0 bridgehead atoms. The van der Waals surface area contributed by atoms with Gasteiger partial charge in [-0.2, -0.15) is 0 Å². The van der Waals surface area contributed by atoms with Crippen LogP contribution in [0.5, 0.6) is 5.75 Å². The summed E-state index contributed by atoms with van der Waals surface area (Å²) in [6.07, 6.45) is 1.36. The van der Waals surface area contributed by atoms with Crippen molar-refractivity contribution in [3.63, 3.8) is 0 Å². The van der Waals surface area contributed by atoms with Crippen molar-refractivity contribution in [3.8, 4) is 5.75 Å². The molecule has 1 saturated heterocycles. The van der Waals surface area contributed by atoms with Gasteiger partial charge < -0.3 is 20.6 Å². The molecule has 0 aliphatic carbocycles. The van der Waals surface area contributed by atoms with Crippen molar-refractivity contribution < 1.29 is 14.7 Å². The molecule has 1 aliphatic heterocycles. The second-order valence-electron chi connectivity index (χ2n) is 8.04. The van der Waals surface area contributed by atoms with Crippen LogP contribution in [0.3, 0.4) is 0 Å². The number of nitrogens with zero attached hydrogens (tertiary/aromatic N) is 2. The maximum absolute atomic E-state index is 13.2. The van der Waals surface area contributed by atoms with E-state index in [0.717, 1.165) is 27.2 Å². The Morgan fingerprint density at radius 3 is 2.76 bits per heavy atom. The molecule has 8 heteroatoms. The van der Waals surface area contributed by atoms with E-state index < -0.39 is 6.04 Å². The first-order valence-corrected chi connectivity index (χ1v) is 11.8. The number of carbonyl (C=O) groups is 2. The molecule has 0 spiro atoms. The number of aromatic hydroxyl groups is 1. The maximum Gasteiger partial charge on any atom is 0.258 e. The lowest BCUT2D eigenvalue weighted by Gasteiger charge is -2.24. The van der Waals surface area contributed by atoms with Crippen LogP contribution in [0.25, 0.3) is 21.0 Å². The van der Waals surface area contributed by atoms with E-state index >= 15 is 0 Å². The number of rotatable bonds is 6. The molecule has 2 amide bonds. The average molecular weight is 461 g/mol. The molecule has 5 rings (SSSR count). The van der Waals surface area contributed by atoms with E-state index in [9.17, 15) is 14.7 Å². The lowest BCUT2D eigenvalue weighted by atomic mass is 10.0. The number of anilines is 1. The Hall–Kier alpha value is -3.65. The van der Waals surface area contributed by atoms with Crippen molar-refractivity contribution in [1.82, 2.24) is 15.2 Å². The van der Waals surface area contributed by atoms with Crippen molar-refractivity contribution in [2.75, 3.05) is 25.0 Å². The summed E-state index contributed by atoms with van der Waals surface area (Å²) >= 11 is 1.57. The topological polar surface area (TPSA) is 94.6 Å². The van der Waals surface area contributed by atoms with Gasteiger partial charge in [0, 0.05) is 25.0 Å². The van der Waals surface area contributed by atoms with E-state index in [0.29, 0.717) is 31.4 Å². The quantitative estimate of drug-likeness (QED) is 0.378. The zero-order chi connectivity index (χ0) is 22.8. The van der Waals surface area contributed by atoms with Crippen LogP contribution in [0.15, 0.2) is 60.7 Å². The van der Waals surface area contributed by atoms with Crippen LogP contribution in [0.4, 0.5) is 5.13 Å². The molecule has 7 nitrogen and oxygen atoms in total. The van der Waals surface area contributed by atoms with Crippen molar-refractivity contribution in [2.45, 2.75) is 18.9 Å².